The molecular weight excluding hydrogens is 784 g/mol. The largest absolute Gasteiger partial charge is 0.460 e. The minimum Gasteiger partial charge on any atom is -0.460 e. The molecule has 4 heterocycles. The molecule has 0 aliphatic carbocycles. The van der Waals surface area contributed by atoms with Crippen molar-refractivity contribution >= 4 is 41.3 Å². The number of anilines is 1. The summed E-state index contributed by atoms with van der Waals surface area (Å²) < 4.78 is 21.9. The van der Waals surface area contributed by atoms with E-state index in [9.17, 15) is 59.4 Å². The molecule has 0 spiro atoms. The lowest BCUT2D eigenvalue weighted by Crippen LogP contribution is -2.62. The first-order chi connectivity index (χ1) is 28.0. The van der Waals surface area contributed by atoms with E-state index in [0.29, 0.717) is 0 Å². The fourth-order valence-corrected chi connectivity index (χ4v) is 7.57. The number of hydrogen-bond donors (Lipinski definition) is 10. The highest BCUT2D eigenvalue weighted by Crippen LogP contribution is 2.34. The second-order valence-electron chi connectivity index (χ2n) is 15.0. The summed E-state index contributed by atoms with van der Waals surface area (Å²) in [7, 11) is 0. The summed E-state index contributed by atoms with van der Waals surface area (Å²) in [4.78, 5) is 78.5. The molecule has 4 fully saturated rings. The number of aliphatic hydroxyl groups is 6. The van der Waals surface area contributed by atoms with Gasteiger partial charge in [-0.15, -0.1) is 0 Å². The summed E-state index contributed by atoms with van der Waals surface area (Å²) in [5, 5.41) is 68.7. The quantitative estimate of drug-likeness (QED) is 0.0543. The Labute approximate surface area is 338 Å². The van der Waals surface area contributed by atoms with Crippen LogP contribution in [-0.2, 0) is 44.8 Å². The molecule has 1 aromatic rings. The molecule has 4 saturated heterocycles. The van der Waals surface area contributed by atoms with Gasteiger partial charge >= 0.3 is 6.09 Å². The minimum absolute atomic E-state index is 0.0431. The van der Waals surface area contributed by atoms with Crippen LogP contribution in [0.15, 0.2) is 18.2 Å². The second-order valence-corrected chi connectivity index (χ2v) is 15.0. The van der Waals surface area contributed by atoms with Gasteiger partial charge in [0, 0.05) is 32.4 Å². The van der Waals surface area contributed by atoms with Crippen LogP contribution in [0.1, 0.15) is 58.4 Å². The van der Waals surface area contributed by atoms with E-state index in [1.807, 2.05) is 13.8 Å². The molecule has 22 nitrogen and oxygen atoms in total. The van der Waals surface area contributed by atoms with E-state index < -0.39 is 110 Å². The number of nitrogens with zero attached hydrogens (tertiary/aromatic N) is 2. The maximum absolute atomic E-state index is 13.1. The molecule has 5 rings (SSSR count). The minimum atomic E-state index is -1.79. The number of carbonyl (C=O) groups is 6. The number of nitrogens with two attached hydrogens (primary N) is 1. The molecule has 4 aliphatic rings. The second kappa shape index (κ2) is 19.7. The van der Waals surface area contributed by atoms with Crippen LogP contribution < -0.4 is 26.4 Å². The maximum atomic E-state index is 13.1. The van der Waals surface area contributed by atoms with E-state index in [2.05, 4.69) is 16.0 Å². The number of amides is 6. The fraction of sp³-hybridized carbons (Fsp3) is 0.676. The number of carbonyl (C=O) groups excluding carboxylic acids is 6. The molecule has 6 amide bonds. The predicted molar refractivity (Wildman–Crippen MR) is 199 cm³/mol. The lowest BCUT2D eigenvalue weighted by atomic mass is 9.87. The molecule has 0 saturated carbocycles. The van der Waals surface area contributed by atoms with Gasteiger partial charge < -0.3 is 70.9 Å². The lowest BCUT2D eigenvalue weighted by molar-refractivity contribution is -0.277. The number of aliphatic hydroxyl groups excluding tert-OH is 6. The summed E-state index contributed by atoms with van der Waals surface area (Å²) in [6.45, 7) is 4.10. The Hall–Kier alpha value is -4.52. The number of alkyl carbamates (subject to hydrolysis) is 1. The van der Waals surface area contributed by atoms with E-state index in [1.165, 1.54) is 18.2 Å². The van der Waals surface area contributed by atoms with Crippen molar-refractivity contribution in [1.82, 2.24) is 20.4 Å². The third-order valence-corrected chi connectivity index (χ3v) is 11.1. The Bertz CT molecular complexity index is 1710. The van der Waals surface area contributed by atoms with Gasteiger partial charge in [-0.3, -0.25) is 34.2 Å². The topological polar surface area (TPSA) is 329 Å². The number of imide groups is 1. The van der Waals surface area contributed by atoms with Crippen molar-refractivity contribution in [2.24, 2.45) is 17.6 Å². The number of likely N-dealkylation sites (tertiary alicyclic amines) is 1. The zero-order valence-electron chi connectivity index (χ0n) is 32.8. The van der Waals surface area contributed by atoms with Crippen LogP contribution in [0.5, 0.6) is 5.75 Å². The van der Waals surface area contributed by atoms with Gasteiger partial charge in [0.2, 0.25) is 29.9 Å². The van der Waals surface area contributed by atoms with Gasteiger partial charge in [-0.05, 0) is 30.5 Å². The SMILES string of the molecule is CCC(CC)C1CC(=O)N(CCC(=O)NCCC(=O)Nc2cc(COC(=O)NC3C(=O)N3C3C(C)OC(N)C(O)C3O)ccc2OC2OC(CO)C(O)C(O)C2O)C1=O. The monoisotopic (exact) mass is 838 g/mol. The van der Waals surface area contributed by atoms with E-state index in [-0.39, 0.29) is 67.1 Å². The van der Waals surface area contributed by atoms with Crippen molar-refractivity contribution < 1.29 is 78.4 Å². The molecular formula is C37H54N6O16. The van der Waals surface area contributed by atoms with E-state index in [1.54, 1.807) is 6.92 Å². The summed E-state index contributed by atoms with van der Waals surface area (Å²) in [6.07, 6.45) is -14.0. The zero-order chi connectivity index (χ0) is 43.3. The van der Waals surface area contributed by atoms with Crippen LogP contribution in [0, 0.1) is 11.8 Å². The smallest absolute Gasteiger partial charge is 0.409 e. The fourth-order valence-electron chi connectivity index (χ4n) is 7.57. The highest BCUT2D eigenvalue weighted by Gasteiger charge is 2.58. The van der Waals surface area contributed by atoms with Crippen LogP contribution in [0.4, 0.5) is 10.5 Å². The maximum Gasteiger partial charge on any atom is 0.409 e. The summed E-state index contributed by atoms with van der Waals surface area (Å²) in [5.74, 6) is -2.76. The van der Waals surface area contributed by atoms with Crippen LogP contribution in [0.3, 0.4) is 0 Å². The van der Waals surface area contributed by atoms with Crippen molar-refractivity contribution in [3.8, 4) is 5.75 Å². The zero-order valence-corrected chi connectivity index (χ0v) is 32.8. The Morgan fingerprint density at radius 3 is 2.32 bits per heavy atom. The van der Waals surface area contributed by atoms with E-state index in [0.717, 1.165) is 22.6 Å². The van der Waals surface area contributed by atoms with Gasteiger partial charge in [0.05, 0.1) is 30.4 Å². The van der Waals surface area contributed by atoms with Crippen molar-refractivity contribution in [1.29, 1.82) is 0 Å². The molecule has 1 aromatic carbocycles. The Balaban J connectivity index is 1.18. The van der Waals surface area contributed by atoms with Crippen LogP contribution in [-0.4, -0.2) is 163 Å². The van der Waals surface area contributed by atoms with E-state index in [4.69, 9.17) is 24.7 Å². The number of benzene rings is 1. The average Bonchev–Trinajstić information content (AvgIpc) is 3.71. The molecule has 328 valence electrons. The van der Waals surface area contributed by atoms with Gasteiger partial charge in [0.15, 0.2) is 6.17 Å². The van der Waals surface area contributed by atoms with Gasteiger partial charge in [-0.2, -0.15) is 0 Å². The standard InChI is InChI=1S/C37H54N6O16/c1-4-18(5-2)19-13-25(47)42(34(19)53)11-9-23(45)39-10-8-24(46)40-20-12-17(6-7-21(20)58-36-31(52)29(50)27(48)22(14-44)59-36)15-56-37(55)41-33-35(54)43(33)26-16(3)57-32(38)30(51)28(26)49/h6-7,12,16,18-19,22,26-33,36,44,48-52H,4-5,8-11,13-15,38H2,1-3H3,(H,39,45)(H,40,46)(H,41,55). The van der Waals surface area contributed by atoms with Crippen molar-refractivity contribution in [3.63, 3.8) is 0 Å². The van der Waals surface area contributed by atoms with Crippen LogP contribution in [0.2, 0.25) is 0 Å². The highest BCUT2D eigenvalue weighted by molar-refractivity contribution is 6.04. The third-order valence-electron chi connectivity index (χ3n) is 11.1. The first-order valence-corrected chi connectivity index (χ1v) is 19.5. The van der Waals surface area contributed by atoms with Gasteiger partial charge in [-0.1, -0.05) is 32.8 Å². The molecule has 4 aliphatic heterocycles. The molecule has 59 heavy (non-hydrogen) atoms. The first kappa shape index (κ1) is 45.6. The Morgan fingerprint density at radius 1 is 0.932 bits per heavy atom. The average molecular weight is 839 g/mol. The molecule has 0 bridgehead atoms. The molecule has 22 heteroatoms. The molecule has 0 aromatic heterocycles. The van der Waals surface area contributed by atoms with Gasteiger partial charge in [0.1, 0.15) is 55.2 Å². The Kier molecular flexibility index (Phi) is 15.2. The van der Waals surface area contributed by atoms with Gasteiger partial charge in [0.25, 0.3) is 5.91 Å². The van der Waals surface area contributed by atoms with Gasteiger partial charge in [-0.25, -0.2) is 4.79 Å². The number of nitrogens with one attached hydrogen (secondary N) is 3. The van der Waals surface area contributed by atoms with Crippen molar-refractivity contribution in [2.75, 3.05) is 25.0 Å². The first-order valence-electron chi connectivity index (χ1n) is 19.5. The van der Waals surface area contributed by atoms with Crippen molar-refractivity contribution in [2.45, 2.75) is 127 Å². The number of rotatable bonds is 17. The van der Waals surface area contributed by atoms with Crippen LogP contribution >= 0.6 is 0 Å². The summed E-state index contributed by atoms with van der Waals surface area (Å²) >= 11 is 0. The van der Waals surface area contributed by atoms with Crippen LogP contribution in [0.25, 0.3) is 0 Å². The van der Waals surface area contributed by atoms with Crippen molar-refractivity contribution in [3.05, 3.63) is 23.8 Å². The third kappa shape index (κ3) is 10.4. The normalized spacial score (nSPS) is 31.9. The molecule has 0 radical (unpaired) electrons. The van der Waals surface area contributed by atoms with E-state index >= 15 is 0 Å². The molecule has 12 atom stereocenters. The predicted octanol–water partition coefficient (Wildman–Crippen LogP) is -3.30. The summed E-state index contributed by atoms with van der Waals surface area (Å²) in [5.41, 5.74) is 5.89. The number of ether oxygens (including phenoxy) is 4. The number of hydrogen-bond acceptors (Lipinski definition) is 17. The Morgan fingerprint density at radius 2 is 1.64 bits per heavy atom. The highest BCUT2D eigenvalue weighted by atomic mass is 16.7. The molecule has 11 N–H and O–H groups in total. The molecule has 12 unspecified atom stereocenters. The summed E-state index contributed by atoms with van der Waals surface area (Å²) in [6, 6.07) is 3.08. The lowest BCUT2D eigenvalue weighted by Gasteiger charge is -2.40.